The second-order valence-corrected chi connectivity index (χ2v) is 6.18. The third kappa shape index (κ3) is 2.96. The van der Waals surface area contributed by atoms with Gasteiger partial charge in [-0.1, -0.05) is 6.07 Å². The Balaban J connectivity index is 2.25. The number of benzene rings is 1. The number of carbonyl (C=O) groups excluding carboxylic acids is 1. The Labute approximate surface area is 125 Å². The minimum Gasteiger partial charge on any atom is -0.399 e. The Kier molecular flexibility index (Phi) is 4.13. The molecule has 0 bridgehead atoms. The van der Waals surface area contributed by atoms with Crippen molar-refractivity contribution in [3.05, 3.63) is 29.6 Å². The largest absolute Gasteiger partial charge is 0.497 e. The lowest BCUT2D eigenvalue weighted by molar-refractivity contribution is 0.00578. The molecule has 0 atom stereocenters. The van der Waals surface area contributed by atoms with E-state index in [1.54, 1.807) is 12.1 Å². The summed E-state index contributed by atoms with van der Waals surface area (Å²) in [6.07, 6.45) is 0. The van der Waals surface area contributed by atoms with Gasteiger partial charge in [-0.05, 0) is 46.8 Å². The summed E-state index contributed by atoms with van der Waals surface area (Å²) in [5.41, 5.74) is -0.457. The molecule has 0 aromatic heterocycles. The van der Waals surface area contributed by atoms with Crippen molar-refractivity contribution < 1.29 is 18.5 Å². The molecule has 0 unspecified atom stereocenters. The fourth-order valence-corrected chi connectivity index (χ4v) is 2.09. The van der Waals surface area contributed by atoms with Crippen LogP contribution in [-0.2, 0) is 9.31 Å². The topological polar surface area (TPSA) is 47.6 Å². The molecule has 1 saturated heterocycles. The predicted molar refractivity (Wildman–Crippen MR) is 80.1 cm³/mol. The van der Waals surface area contributed by atoms with Gasteiger partial charge in [-0.25, -0.2) is 4.39 Å². The van der Waals surface area contributed by atoms with Gasteiger partial charge in [0, 0.05) is 17.6 Å². The minimum atomic E-state index is -0.765. The molecule has 0 radical (unpaired) electrons. The fourth-order valence-electron chi connectivity index (χ4n) is 2.09. The van der Waals surface area contributed by atoms with Gasteiger partial charge in [0.1, 0.15) is 5.82 Å². The van der Waals surface area contributed by atoms with Gasteiger partial charge in [0.2, 0.25) is 0 Å². The smallest absolute Gasteiger partial charge is 0.399 e. The summed E-state index contributed by atoms with van der Waals surface area (Å²) < 4.78 is 25.9. The Morgan fingerprint density at radius 1 is 1.24 bits per heavy atom. The van der Waals surface area contributed by atoms with Crippen molar-refractivity contribution in [3.8, 4) is 0 Å². The quantitative estimate of drug-likeness (QED) is 0.866. The van der Waals surface area contributed by atoms with Crippen molar-refractivity contribution in [1.82, 2.24) is 5.32 Å². The van der Waals surface area contributed by atoms with Gasteiger partial charge >= 0.3 is 7.12 Å². The van der Waals surface area contributed by atoms with Crippen LogP contribution >= 0.6 is 0 Å². The highest BCUT2D eigenvalue weighted by atomic mass is 19.1. The van der Waals surface area contributed by atoms with Crippen LogP contribution in [0.2, 0.25) is 0 Å². The highest BCUT2D eigenvalue weighted by Gasteiger charge is 2.52. The van der Waals surface area contributed by atoms with Crippen molar-refractivity contribution in [2.45, 2.75) is 45.8 Å². The summed E-state index contributed by atoms with van der Waals surface area (Å²) in [6, 6.07) is 4.34. The van der Waals surface area contributed by atoms with E-state index in [2.05, 4.69) is 5.32 Å². The van der Waals surface area contributed by atoms with Crippen LogP contribution in [0.4, 0.5) is 4.39 Å². The van der Waals surface area contributed by atoms with Crippen LogP contribution < -0.4 is 10.8 Å². The lowest BCUT2D eigenvalue weighted by Crippen LogP contribution is -2.41. The molecule has 1 amide bonds. The first kappa shape index (κ1) is 16.0. The summed E-state index contributed by atoms with van der Waals surface area (Å²) in [7, 11) is -0.765. The number of hydrogen-bond acceptors (Lipinski definition) is 3. The summed E-state index contributed by atoms with van der Waals surface area (Å²) in [5.74, 6) is -0.797. The highest BCUT2D eigenvalue weighted by molar-refractivity contribution is 6.62. The molecule has 21 heavy (non-hydrogen) atoms. The number of amides is 1. The highest BCUT2D eigenvalue weighted by Crippen LogP contribution is 2.36. The van der Waals surface area contributed by atoms with Crippen LogP contribution in [0.3, 0.4) is 0 Å². The van der Waals surface area contributed by atoms with Crippen LogP contribution in [0.1, 0.15) is 45.0 Å². The van der Waals surface area contributed by atoms with Crippen molar-refractivity contribution in [2.24, 2.45) is 0 Å². The Morgan fingerprint density at radius 2 is 1.81 bits per heavy atom. The van der Waals surface area contributed by atoms with Crippen molar-refractivity contribution >= 4 is 18.5 Å². The van der Waals surface area contributed by atoms with E-state index in [1.165, 1.54) is 6.07 Å². The predicted octanol–water partition coefficient (Wildman–Crippen LogP) is 1.87. The fraction of sp³-hybridized carbons (Fsp3) is 0.533. The van der Waals surface area contributed by atoms with Gasteiger partial charge in [-0.3, -0.25) is 4.79 Å². The molecule has 0 saturated carbocycles. The van der Waals surface area contributed by atoms with Crippen LogP contribution in [0.15, 0.2) is 18.2 Å². The lowest BCUT2D eigenvalue weighted by Gasteiger charge is -2.32. The molecule has 4 nitrogen and oxygen atoms in total. The second-order valence-electron chi connectivity index (χ2n) is 6.18. The van der Waals surface area contributed by atoms with E-state index in [1.807, 2.05) is 34.6 Å². The SMILES string of the molecule is CCNC(=O)c1ccc(B2OC(C)(C)C(C)(C)O2)c(F)c1. The van der Waals surface area contributed by atoms with Crippen LogP contribution in [-0.4, -0.2) is 30.8 Å². The van der Waals surface area contributed by atoms with Gasteiger partial charge in [-0.2, -0.15) is 0 Å². The maximum atomic E-state index is 14.3. The van der Waals surface area contributed by atoms with E-state index in [9.17, 15) is 9.18 Å². The van der Waals surface area contributed by atoms with E-state index in [-0.39, 0.29) is 11.5 Å². The van der Waals surface area contributed by atoms with Gasteiger partial charge in [-0.15, -0.1) is 0 Å². The normalized spacial score (nSPS) is 19.6. The van der Waals surface area contributed by atoms with E-state index in [0.717, 1.165) is 0 Å². The average molecular weight is 293 g/mol. The van der Waals surface area contributed by atoms with Crippen LogP contribution in [0, 0.1) is 5.82 Å². The molecule has 2 rings (SSSR count). The van der Waals surface area contributed by atoms with Crippen LogP contribution in [0.25, 0.3) is 0 Å². The van der Waals surface area contributed by atoms with E-state index >= 15 is 0 Å². The van der Waals surface area contributed by atoms with Gasteiger partial charge in [0.15, 0.2) is 0 Å². The zero-order chi connectivity index (χ0) is 15.8. The molecule has 1 aliphatic rings. The first-order valence-corrected chi connectivity index (χ1v) is 7.11. The first-order valence-electron chi connectivity index (χ1n) is 7.11. The first-order chi connectivity index (χ1) is 9.68. The van der Waals surface area contributed by atoms with Crippen molar-refractivity contribution in [1.29, 1.82) is 0 Å². The molecule has 1 fully saturated rings. The van der Waals surface area contributed by atoms with E-state index in [0.29, 0.717) is 12.0 Å². The number of rotatable bonds is 3. The third-order valence-corrected chi connectivity index (χ3v) is 4.11. The number of halogens is 1. The summed E-state index contributed by atoms with van der Waals surface area (Å²) in [4.78, 5) is 11.7. The number of hydrogen-bond donors (Lipinski definition) is 1. The third-order valence-electron chi connectivity index (χ3n) is 4.11. The average Bonchev–Trinajstić information content (AvgIpc) is 2.58. The van der Waals surface area contributed by atoms with Crippen molar-refractivity contribution in [2.75, 3.05) is 6.54 Å². The molecule has 0 aliphatic carbocycles. The molecule has 1 N–H and O–H groups in total. The van der Waals surface area contributed by atoms with Crippen LogP contribution in [0.5, 0.6) is 0 Å². The van der Waals surface area contributed by atoms with Gasteiger partial charge in [0.25, 0.3) is 5.91 Å². The zero-order valence-electron chi connectivity index (χ0n) is 13.1. The molecule has 6 heteroatoms. The molecule has 114 valence electrons. The molecule has 1 aliphatic heterocycles. The second kappa shape index (κ2) is 5.42. The maximum absolute atomic E-state index is 14.3. The van der Waals surface area contributed by atoms with Gasteiger partial charge in [0.05, 0.1) is 11.2 Å². The summed E-state index contributed by atoms with van der Waals surface area (Å²) in [6.45, 7) is 9.95. The molecule has 1 heterocycles. The Bertz CT molecular complexity index is 544. The molecule has 1 aromatic carbocycles. The molecular formula is C15H21BFNO3. The van der Waals surface area contributed by atoms with Crippen molar-refractivity contribution in [3.63, 3.8) is 0 Å². The number of nitrogens with one attached hydrogen (secondary N) is 1. The lowest BCUT2D eigenvalue weighted by atomic mass is 9.78. The summed E-state index contributed by atoms with van der Waals surface area (Å²) in [5, 5.41) is 2.64. The monoisotopic (exact) mass is 293 g/mol. The molecule has 0 spiro atoms. The summed E-state index contributed by atoms with van der Waals surface area (Å²) >= 11 is 0. The Hall–Kier alpha value is -1.40. The number of carbonyl (C=O) groups is 1. The van der Waals surface area contributed by atoms with E-state index in [4.69, 9.17) is 9.31 Å². The van der Waals surface area contributed by atoms with E-state index < -0.39 is 24.1 Å². The van der Waals surface area contributed by atoms with Gasteiger partial charge < -0.3 is 14.6 Å². The zero-order valence-corrected chi connectivity index (χ0v) is 13.1. The minimum absolute atomic E-state index is 0.287. The molecular weight excluding hydrogens is 272 g/mol. The standard InChI is InChI=1S/C15H21BFNO3/c1-6-18-13(19)10-7-8-11(12(17)9-10)16-20-14(2,3)15(4,5)21-16/h7-9H,6H2,1-5H3,(H,18,19). The Morgan fingerprint density at radius 3 is 2.29 bits per heavy atom. The maximum Gasteiger partial charge on any atom is 0.497 e. The molecule has 1 aromatic rings.